The number of piperazine rings is 1. The summed E-state index contributed by atoms with van der Waals surface area (Å²) in [5.41, 5.74) is 3.32. The van der Waals surface area contributed by atoms with Gasteiger partial charge in [-0.2, -0.15) is 0 Å². The zero-order valence-electron chi connectivity index (χ0n) is 18.3. The van der Waals surface area contributed by atoms with Crippen LogP contribution in [-0.2, 0) is 9.59 Å². The summed E-state index contributed by atoms with van der Waals surface area (Å²) in [5, 5.41) is 2.98. The monoisotopic (exact) mass is 425 g/mol. The van der Waals surface area contributed by atoms with Crippen molar-refractivity contribution in [2.24, 2.45) is 5.92 Å². The zero-order valence-corrected chi connectivity index (χ0v) is 19.1. The fraction of sp³-hybridized carbons (Fsp3) is 0.417. The Morgan fingerprint density at radius 1 is 1.00 bits per heavy atom. The molecule has 2 amide bonds. The summed E-state index contributed by atoms with van der Waals surface area (Å²) in [7, 11) is 0. The molecule has 0 bridgehead atoms. The minimum absolute atomic E-state index is 0.0198. The van der Waals surface area contributed by atoms with Crippen molar-refractivity contribution in [3.05, 3.63) is 53.6 Å². The first-order valence-electron chi connectivity index (χ1n) is 10.5. The van der Waals surface area contributed by atoms with E-state index in [9.17, 15) is 9.59 Å². The fourth-order valence-electron chi connectivity index (χ4n) is 3.45. The number of aryl methyl sites for hydroxylation is 2. The predicted octanol–water partition coefficient (Wildman–Crippen LogP) is 4.19. The Labute approximate surface area is 183 Å². The van der Waals surface area contributed by atoms with Crippen LogP contribution in [0.2, 0.25) is 0 Å². The molecule has 1 aliphatic heterocycles. The minimum Gasteiger partial charge on any atom is -0.340 e. The highest BCUT2D eigenvalue weighted by molar-refractivity contribution is 7.99. The molecule has 0 saturated carbocycles. The van der Waals surface area contributed by atoms with Gasteiger partial charge in [-0.1, -0.05) is 37.7 Å². The number of carbonyl (C=O) groups excluding carboxylic acids is 2. The first-order valence-corrected chi connectivity index (χ1v) is 11.3. The van der Waals surface area contributed by atoms with E-state index in [0.717, 1.165) is 23.7 Å². The molecule has 1 fully saturated rings. The molecule has 1 aliphatic rings. The Balaban J connectivity index is 1.48. The van der Waals surface area contributed by atoms with Gasteiger partial charge in [-0.15, -0.1) is 0 Å². The second kappa shape index (κ2) is 10.1. The number of benzene rings is 2. The topological polar surface area (TPSA) is 52.7 Å². The van der Waals surface area contributed by atoms with Gasteiger partial charge in [0.2, 0.25) is 11.8 Å². The van der Waals surface area contributed by atoms with Crippen LogP contribution in [0.3, 0.4) is 0 Å². The highest BCUT2D eigenvalue weighted by Gasteiger charge is 2.23. The van der Waals surface area contributed by atoms with Crippen LogP contribution in [0.1, 0.15) is 25.0 Å². The van der Waals surface area contributed by atoms with Crippen molar-refractivity contribution >= 4 is 29.3 Å². The molecular weight excluding hydrogens is 394 g/mol. The lowest BCUT2D eigenvalue weighted by Gasteiger charge is -2.35. The van der Waals surface area contributed by atoms with Gasteiger partial charge >= 0.3 is 0 Å². The minimum atomic E-state index is -0.0198. The fourth-order valence-corrected chi connectivity index (χ4v) is 4.45. The van der Waals surface area contributed by atoms with Crippen LogP contribution in [0.25, 0.3) is 0 Å². The molecule has 160 valence electrons. The second-order valence-corrected chi connectivity index (χ2v) is 9.32. The van der Waals surface area contributed by atoms with Gasteiger partial charge in [0, 0.05) is 47.6 Å². The van der Waals surface area contributed by atoms with Crippen molar-refractivity contribution in [2.75, 3.05) is 38.0 Å². The van der Waals surface area contributed by atoms with E-state index in [0.29, 0.717) is 19.6 Å². The molecule has 1 heterocycles. The number of anilines is 1. The maximum atomic E-state index is 12.4. The van der Waals surface area contributed by atoms with E-state index < -0.39 is 0 Å². The molecule has 0 aliphatic carbocycles. The van der Waals surface area contributed by atoms with E-state index in [-0.39, 0.29) is 17.7 Å². The highest BCUT2D eigenvalue weighted by atomic mass is 32.2. The normalized spacial score (nSPS) is 14.8. The Morgan fingerprint density at radius 3 is 2.30 bits per heavy atom. The zero-order chi connectivity index (χ0) is 21.7. The number of carbonyl (C=O) groups is 2. The summed E-state index contributed by atoms with van der Waals surface area (Å²) in [6.45, 7) is 11.3. The second-order valence-electron chi connectivity index (χ2n) is 8.20. The molecule has 0 aromatic heterocycles. The van der Waals surface area contributed by atoms with Gasteiger partial charge in [0.05, 0.1) is 6.54 Å². The lowest BCUT2D eigenvalue weighted by Crippen LogP contribution is -2.51. The van der Waals surface area contributed by atoms with Gasteiger partial charge in [-0.25, -0.2) is 0 Å². The summed E-state index contributed by atoms with van der Waals surface area (Å²) in [5.74, 6) is 0.197. The van der Waals surface area contributed by atoms with Crippen LogP contribution in [0, 0.1) is 19.8 Å². The van der Waals surface area contributed by atoms with Crippen molar-refractivity contribution < 1.29 is 9.59 Å². The van der Waals surface area contributed by atoms with Gasteiger partial charge < -0.3 is 10.2 Å². The molecule has 0 atom stereocenters. The molecule has 1 N–H and O–H groups in total. The van der Waals surface area contributed by atoms with Gasteiger partial charge in [-0.3, -0.25) is 14.5 Å². The summed E-state index contributed by atoms with van der Waals surface area (Å²) in [4.78, 5) is 30.9. The smallest absolute Gasteiger partial charge is 0.238 e. The number of rotatable bonds is 6. The van der Waals surface area contributed by atoms with Gasteiger partial charge in [0.15, 0.2) is 0 Å². The van der Waals surface area contributed by atoms with Crippen LogP contribution in [0.4, 0.5) is 5.69 Å². The van der Waals surface area contributed by atoms with Crippen LogP contribution in [0.15, 0.2) is 52.3 Å². The van der Waals surface area contributed by atoms with Gasteiger partial charge in [0.25, 0.3) is 0 Å². The number of amides is 2. The van der Waals surface area contributed by atoms with E-state index in [4.69, 9.17) is 0 Å². The molecule has 0 spiro atoms. The van der Waals surface area contributed by atoms with Crippen LogP contribution < -0.4 is 5.32 Å². The predicted molar refractivity (Wildman–Crippen MR) is 123 cm³/mol. The van der Waals surface area contributed by atoms with Crippen LogP contribution in [0.5, 0.6) is 0 Å². The van der Waals surface area contributed by atoms with Crippen LogP contribution >= 0.6 is 11.8 Å². The quantitative estimate of drug-likeness (QED) is 0.754. The third-order valence-corrected chi connectivity index (χ3v) is 6.42. The number of nitrogens with one attached hydrogen (secondary N) is 1. The summed E-state index contributed by atoms with van der Waals surface area (Å²) in [6, 6.07) is 14.4. The molecule has 2 aromatic carbocycles. The van der Waals surface area contributed by atoms with E-state index in [1.807, 2.05) is 43.0 Å². The lowest BCUT2D eigenvalue weighted by atomic mass is 10.1. The van der Waals surface area contributed by atoms with Crippen molar-refractivity contribution in [1.29, 1.82) is 0 Å². The van der Waals surface area contributed by atoms with E-state index in [2.05, 4.69) is 42.3 Å². The third kappa shape index (κ3) is 6.09. The first kappa shape index (κ1) is 22.4. The molecular formula is C24H31N3O2S. The van der Waals surface area contributed by atoms with Gasteiger partial charge in [-0.05, 0) is 55.3 Å². The van der Waals surface area contributed by atoms with Crippen molar-refractivity contribution in [2.45, 2.75) is 37.5 Å². The number of hydrogen-bond acceptors (Lipinski definition) is 4. The maximum absolute atomic E-state index is 12.4. The Morgan fingerprint density at radius 2 is 1.67 bits per heavy atom. The van der Waals surface area contributed by atoms with Crippen LogP contribution in [-0.4, -0.2) is 54.3 Å². The van der Waals surface area contributed by atoms with Crippen molar-refractivity contribution in [1.82, 2.24) is 9.80 Å². The first-order chi connectivity index (χ1) is 14.3. The average molecular weight is 426 g/mol. The van der Waals surface area contributed by atoms with E-state index >= 15 is 0 Å². The number of hydrogen-bond donors (Lipinski definition) is 1. The molecule has 0 unspecified atom stereocenters. The van der Waals surface area contributed by atoms with E-state index in [1.165, 1.54) is 16.0 Å². The molecule has 2 aromatic rings. The number of nitrogens with zero attached hydrogens (tertiary/aromatic N) is 2. The lowest BCUT2D eigenvalue weighted by molar-refractivity contribution is -0.136. The Kier molecular flexibility index (Phi) is 7.56. The SMILES string of the molecule is Cc1ccc(C)c(Sc2ccc(NC(=O)CN3CCN(C(=O)C(C)C)CC3)cc2)c1. The van der Waals surface area contributed by atoms with Crippen molar-refractivity contribution in [3.8, 4) is 0 Å². The van der Waals surface area contributed by atoms with Gasteiger partial charge in [0.1, 0.15) is 0 Å². The molecule has 0 radical (unpaired) electrons. The largest absolute Gasteiger partial charge is 0.340 e. The summed E-state index contributed by atoms with van der Waals surface area (Å²) >= 11 is 1.74. The molecule has 6 heteroatoms. The van der Waals surface area contributed by atoms with Crippen molar-refractivity contribution in [3.63, 3.8) is 0 Å². The Bertz CT molecular complexity index is 888. The Hall–Kier alpha value is -2.31. The molecule has 3 rings (SSSR count). The van der Waals surface area contributed by atoms with E-state index in [1.54, 1.807) is 11.8 Å². The standard InChI is InChI=1S/C24H31N3O2S/c1-17(2)24(29)27-13-11-26(12-14-27)16-23(28)25-20-7-9-21(10-8-20)30-22-15-18(3)5-6-19(22)4/h5-10,15,17H,11-14,16H2,1-4H3,(H,25,28). The highest BCUT2D eigenvalue weighted by Crippen LogP contribution is 2.31. The summed E-state index contributed by atoms with van der Waals surface area (Å²) < 4.78 is 0. The average Bonchev–Trinajstić information content (AvgIpc) is 2.72. The maximum Gasteiger partial charge on any atom is 0.238 e. The summed E-state index contributed by atoms with van der Waals surface area (Å²) in [6.07, 6.45) is 0. The third-order valence-electron chi connectivity index (χ3n) is 5.25. The molecule has 30 heavy (non-hydrogen) atoms. The molecule has 5 nitrogen and oxygen atoms in total. The molecule has 1 saturated heterocycles.